The Morgan fingerprint density at radius 1 is 1.36 bits per heavy atom. The number of hydrazone groups is 1. The van der Waals surface area contributed by atoms with Crippen LogP contribution in [-0.2, 0) is 0 Å². The van der Waals surface area contributed by atoms with Crippen LogP contribution in [0.3, 0.4) is 0 Å². The molecule has 0 saturated heterocycles. The lowest BCUT2D eigenvalue weighted by Gasteiger charge is -2.10. The van der Waals surface area contributed by atoms with Gasteiger partial charge in [0.2, 0.25) is 0 Å². The zero-order valence-corrected chi connectivity index (χ0v) is 16.2. The zero-order chi connectivity index (χ0) is 18.4. The Kier molecular flexibility index (Phi) is 6.65. The highest BCUT2D eigenvalue weighted by atomic mass is 79.9. The van der Waals surface area contributed by atoms with Gasteiger partial charge in [0.05, 0.1) is 22.2 Å². The number of rotatable bonds is 6. The van der Waals surface area contributed by atoms with Gasteiger partial charge in [0.25, 0.3) is 11.6 Å². The molecule has 130 valence electrons. The van der Waals surface area contributed by atoms with Crippen LogP contribution in [0.25, 0.3) is 0 Å². The molecule has 1 N–H and O–H groups in total. The van der Waals surface area contributed by atoms with Crippen LogP contribution in [0.1, 0.15) is 22.8 Å². The van der Waals surface area contributed by atoms with Gasteiger partial charge in [0.1, 0.15) is 5.75 Å². The first-order valence-corrected chi connectivity index (χ1v) is 8.70. The number of amides is 1. The lowest BCUT2D eigenvalue weighted by molar-refractivity contribution is -0.384. The van der Waals surface area contributed by atoms with Crippen molar-refractivity contribution in [3.05, 3.63) is 66.6 Å². The van der Waals surface area contributed by atoms with Crippen molar-refractivity contribution in [3.63, 3.8) is 0 Å². The molecule has 0 unspecified atom stereocenters. The van der Waals surface area contributed by atoms with Crippen molar-refractivity contribution >= 4 is 49.7 Å². The van der Waals surface area contributed by atoms with E-state index in [2.05, 4.69) is 42.4 Å². The molecule has 2 aromatic carbocycles. The highest BCUT2D eigenvalue weighted by Gasteiger charge is 2.11. The first-order valence-electron chi connectivity index (χ1n) is 7.12. The molecule has 0 radical (unpaired) electrons. The predicted molar refractivity (Wildman–Crippen MR) is 101 cm³/mol. The highest BCUT2D eigenvalue weighted by molar-refractivity contribution is 9.11. The Morgan fingerprint density at radius 3 is 2.80 bits per heavy atom. The molecule has 7 nitrogen and oxygen atoms in total. The molecule has 25 heavy (non-hydrogen) atoms. The second kappa shape index (κ2) is 8.72. The minimum atomic E-state index is -0.562. The molecule has 0 aliphatic carbocycles. The van der Waals surface area contributed by atoms with E-state index in [0.717, 1.165) is 8.95 Å². The van der Waals surface area contributed by atoms with Crippen molar-refractivity contribution < 1.29 is 14.5 Å². The summed E-state index contributed by atoms with van der Waals surface area (Å²) in [6.45, 7) is 2.33. The number of nitro benzene ring substituents is 1. The fraction of sp³-hybridized carbons (Fsp3) is 0.125. The number of halogens is 2. The number of benzene rings is 2. The van der Waals surface area contributed by atoms with E-state index in [4.69, 9.17) is 4.74 Å². The van der Waals surface area contributed by atoms with E-state index in [1.54, 1.807) is 6.07 Å². The zero-order valence-electron chi connectivity index (χ0n) is 13.0. The Labute approximate surface area is 160 Å². The average Bonchev–Trinajstić information content (AvgIpc) is 2.57. The number of nitrogens with zero attached hydrogens (tertiary/aromatic N) is 2. The summed E-state index contributed by atoms with van der Waals surface area (Å²) in [6.07, 6.45) is 1.44. The predicted octanol–water partition coefficient (Wildman–Crippen LogP) is 4.28. The molecule has 0 fully saturated rings. The van der Waals surface area contributed by atoms with Crippen molar-refractivity contribution in [3.8, 4) is 5.75 Å². The fourth-order valence-electron chi connectivity index (χ4n) is 1.96. The van der Waals surface area contributed by atoms with Gasteiger partial charge in [-0.05, 0) is 41.1 Å². The van der Waals surface area contributed by atoms with E-state index in [9.17, 15) is 14.9 Å². The lowest BCUT2D eigenvalue weighted by Crippen LogP contribution is -2.17. The number of non-ortho nitro benzene ring substituents is 1. The second-order valence-corrected chi connectivity index (χ2v) is 6.52. The van der Waals surface area contributed by atoms with E-state index in [1.807, 2.05) is 13.0 Å². The molecule has 0 aliphatic rings. The van der Waals surface area contributed by atoms with Crippen LogP contribution in [0.2, 0.25) is 0 Å². The van der Waals surface area contributed by atoms with Crippen LogP contribution < -0.4 is 10.2 Å². The van der Waals surface area contributed by atoms with Crippen LogP contribution in [-0.4, -0.2) is 23.7 Å². The molecule has 0 spiro atoms. The normalized spacial score (nSPS) is 10.7. The molecule has 0 aromatic heterocycles. The molecule has 1 amide bonds. The Bertz CT molecular complexity index is 840. The van der Waals surface area contributed by atoms with Gasteiger partial charge in [-0.2, -0.15) is 5.10 Å². The molecule has 0 bridgehead atoms. The van der Waals surface area contributed by atoms with Crippen molar-refractivity contribution in [2.75, 3.05) is 6.61 Å². The van der Waals surface area contributed by atoms with Gasteiger partial charge in [-0.25, -0.2) is 5.43 Å². The summed E-state index contributed by atoms with van der Waals surface area (Å²) in [6, 6.07) is 9.04. The first-order chi connectivity index (χ1) is 11.9. The van der Waals surface area contributed by atoms with Gasteiger partial charge >= 0.3 is 0 Å². The second-order valence-electron chi connectivity index (χ2n) is 4.75. The maximum Gasteiger partial charge on any atom is 0.271 e. The summed E-state index contributed by atoms with van der Waals surface area (Å²) in [5.41, 5.74) is 2.98. The van der Waals surface area contributed by atoms with Crippen LogP contribution in [0, 0.1) is 10.1 Å². The summed E-state index contributed by atoms with van der Waals surface area (Å²) >= 11 is 6.79. The first kappa shape index (κ1) is 19.1. The smallest absolute Gasteiger partial charge is 0.271 e. The summed E-state index contributed by atoms with van der Waals surface area (Å²) in [7, 11) is 0. The summed E-state index contributed by atoms with van der Waals surface area (Å²) in [5.74, 6) is 0.0472. The maximum atomic E-state index is 12.1. The minimum Gasteiger partial charge on any atom is -0.492 e. The monoisotopic (exact) mass is 469 g/mol. The van der Waals surface area contributed by atoms with Gasteiger partial charge in [0.15, 0.2) is 0 Å². The quantitative estimate of drug-likeness (QED) is 0.387. The third-order valence-electron chi connectivity index (χ3n) is 3.01. The Morgan fingerprint density at radius 2 is 2.12 bits per heavy atom. The molecule has 0 heterocycles. The maximum absolute atomic E-state index is 12.1. The van der Waals surface area contributed by atoms with E-state index >= 15 is 0 Å². The van der Waals surface area contributed by atoms with Crippen molar-refractivity contribution in [2.24, 2.45) is 5.10 Å². The van der Waals surface area contributed by atoms with Crippen LogP contribution in [0.15, 0.2) is 50.4 Å². The molecule has 2 rings (SSSR count). The summed E-state index contributed by atoms with van der Waals surface area (Å²) in [4.78, 5) is 22.3. The van der Waals surface area contributed by atoms with Gasteiger partial charge in [-0.3, -0.25) is 14.9 Å². The van der Waals surface area contributed by atoms with Gasteiger partial charge in [0, 0.05) is 27.7 Å². The molecule has 0 aliphatic heterocycles. The average molecular weight is 471 g/mol. The molecular weight excluding hydrogens is 458 g/mol. The van der Waals surface area contributed by atoms with Crippen molar-refractivity contribution in [1.29, 1.82) is 0 Å². The molecule has 0 saturated carbocycles. The van der Waals surface area contributed by atoms with E-state index in [-0.39, 0.29) is 11.3 Å². The SMILES string of the molecule is CCOc1c(Br)cc(Br)cc1/C=N/NC(=O)c1cccc([N+](=O)[O-])c1. The van der Waals surface area contributed by atoms with Crippen LogP contribution in [0.5, 0.6) is 5.75 Å². The summed E-state index contributed by atoms with van der Waals surface area (Å²) in [5, 5.41) is 14.7. The number of hydrogen-bond donors (Lipinski definition) is 1. The molecule has 9 heteroatoms. The molecule has 2 aromatic rings. The van der Waals surface area contributed by atoms with E-state index < -0.39 is 10.8 Å². The lowest BCUT2D eigenvalue weighted by atomic mass is 10.2. The molecular formula is C16H13Br2N3O4. The minimum absolute atomic E-state index is 0.145. The van der Waals surface area contributed by atoms with Crippen LogP contribution >= 0.6 is 31.9 Å². The van der Waals surface area contributed by atoms with Crippen molar-refractivity contribution in [2.45, 2.75) is 6.92 Å². The largest absolute Gasteiger partial charge is 0.492 e. The van der Waals surface area contributed by atoms with Crippen LogP contribution in [0.4, 0.5) is 5.69 Å². The summed E-state index contributed by atoms with van der Waals surface area (Å²) < 4.78 is 7.12. The van der Waals surface area contributed by atoms with E-state index in [1.165, 1.54) is 30.5 Å². The number of carbonyl (C=O) groups is 1. The fourth-order valence-corrected chi connectivity index (χ4v) is 3.33. The molecule has 0 atom stereocenters. The number of hydrogen-bond acceptors (Lipinski definition) is 5. The highest BCUT2D eigenvalue weighted by Crippen LogP contribution is 2.32. The van der Waals surface area contributed by atoms with Gasteiger partial charge in [-0.1, -0.05) is 22.0 Å². The third-order valence-corrected chi connectivity index (χ3v) is 4.06. The number of ether oxygens (including phenoxy) is 1. The Hall–Kier alpha value is -2.26. The number of nitrogens with one attached hydrogen (secondary N) is 1. The third kappa shape index (κ3) is 5.10. The Balaban J connectivity index is 2.17. The number of carbonyl (C=O) groups excluding carboxylic acids is 1. The van der Waals surface area contributed by atoms with Crippen molar-refractivity contribution in [1.82, 2.24) is 5.43 Å². The van der Waals surface area contributed by atoms with Gasteiger partial charge < -0.3 is 4.74 Å². The topological polar surface area (TPSA) is 93.8 Å². The number of nitro groups is 1. The standard InChI is InChI=1S/C16H13Br2N3O4/c1-2-25-15-11(6-12(17)8-14(15)18)9-19-20-16(22)10-4-3-5-13(7-10)21(23)24/h3-9H,2H2,1H3,(H,20,22)/b19-9+. The van der Waals surface area contributed by atoms with E-state index in [0.29, 0.717) is 17.9 Å². The van der Waals surface area contributed by atoms with Gasteiger partial charge in [-0.15, -0.1) is 0 Å².